The van der Waals surface area contributed by atoms with Gasteiger partial charge in [0.2, 0.25) is 0 Å². The van der Waals surface area contributed by atoms with Crippen molar-refractivity contribution in [2.24, 2.45) is 0 Å². The van der Waals surface area contributed by atoms with Crippen molar-refractivity contribution in [1.29, 1.82) is 0 Å². The van der Waals surface area contributed by atoms with Crippen LogP contribution in [0, 0.1) is 0 Å². The number of nitrogens with zero attached hydrogens (tertiary/aromatic N) is 1. The highest BCUT2D eigenvalue weighted by Crippen LogP contribution is 2.12. The van der Waals surface area contributed by atoms with Crippen molar-refractivity contribution in [3.8, 4) is 0 Å². The molecule has 16 heavy (non-hydrogen) atoms. The van der Waals surface area contributed by atoms with E-state index in [0.29, 0.717) is 6.04 Å². The Morgan fingerprint density at radius 1 is 1.38 bits per heavy atom. The second kappa shape index (κ2) is 5.43. The van der Waals surface area contributed by atoms with Crippen LogP contribution in [0.5, 0.6) is 0 Å². The molecule has 0 radical (unpaired) electrons. The van der Waals surface area contributed by atoms with E-state index in [-0.39, 0.29) is 12.6 Å². The Balaban J connectivity index is 2.01. The van der Waals surface area contributed by atoms with Crippen LogP contribution in [0.15, 0.2) is 30.3 Å². The van der Waals surface area contributed by atoms with Gasteiger partial charge in [0.25, 0.3) is 0 Å². The molecular formula is C13H20N2O. The van der Waals surface area contributed by atoms with Crippen LogP contribution < -0.4 is 5.32 Å². The Hall–Kier alpha value is -0.900. The van der Waals surface area contributed by atoms with E-state index in [4.69, 9.17) is 0 Å². The van der Waals surface area contributed by atoms with Gasteiger partial charge in [-0.3, -0.25) is 4.90 Å². The van der Waals surface area contributed by atoms with Crippen molar-refractivity contribution in [3.05, 3.63) is 35.9 Å². The summed E-state index contributed by atoms with van der Waals surface area (Å²) in [5.74, 6) is 0. The Bertz CT molecular complexity index is 315. The van der Waals surface area contributed by atoms with Gasteiger partial charge >= 0.3 is 0 Å². The van der Waals surface area contributed by atoms with Gasteiger partial charge in [-0.15, -0.1) is 0 Å². The summed E-state index contributed by atoms with van der Waals surface area (Å²) in [6.07, 6.45) is 0. The Labute approximate surface area is 97.1 Å². The summed E-state index contributed by atoms with van der Waals surface area (Å²) in [4.78, 5) is 2.36. The smallest absolute Gasteiger partial charge is 0.0599 e. The lowest BCUT2D eigenvalue weighted by Crippen LogP contribution is -2.56. The maximum atomic E-state index is 9.34. The summed E-state index contributed by atoms with van der Waals surface area (Å²) in [5, 5.41) is 12.7. The van der Waals surface area contributed by atoms with E-state index >= 15 is 0 Å². The third-order valence-corrected chi connectivity index (χ3v) is 3.17. The van der Waals surface area contributed by atoms with Gasteiger partial charge in [0.05, 0.1) is 6.61 Å². The zero-order valence-electron chi connectivity index (χ0n) is 9.76. The molecule has 1 aliphatic rings. The van der Waals surface area contributed by atoms with Crippen LogP contribution in [0.3, 0.4) is 0 Å². The van der Waals surface area contributed by atoms with E-state index in [2.05, 4.69) is 41.4 Å². The SMILES string of the molecule is C[C@@H]1CN(Cc2ccccc2)[C@H](CO)CN1. The molecule has 2 atom stereocenters. The molecule has 0 bridgehead atoms. The maximum Gasteiger partial charge on any atom is 0.0599 e. The van der Waals surface area contributed by atoms with Gasteiger partial charge < -0.3 is 10.4 Å². The highest BCUT2D eigenvalue weighted by atomic mass is 16.3. The Morgan fingerprint density at radius 3 is 2.81 bits per heavy atom. The fourth-order valence-electron chi connectivity index (χ4n) is 2.22. The standard InChI is InChI=1S/C13H20N2O/c1-11-8-15(13(10-16)7-14-11)9-12-5-3-2-4-6-12/h2-6,11,13-14,16H,7-10H2,1H3/t11-,13+/m1/s1. The molecule has 0 saturated carbocycles. The van der Waals surface area contributed by atoms with Crippen LogP contribution >= 0.6 is 0 Å². The molecule has 0 aliphatic carbocycles. The van der Waals surface area contributed by atoms with Crippen LogP contribution in [0.2, 0.25) is 0 Å². The van der Waals surface area contributed by atoms with Crippen molar-refractivity contribution in [2.45, 2.75) is 25.6 Å². The molecule has 2 rings (SSSR count). The number of rotatable bonds is 3. The lowest BCUT2D eigenvalue weighted by atomic mass is 10.1. The van der Waals surface area contributed by atoms with Gasteiger partial charge in [-0.1, -0.05) is 30.3 Å². The van der Waals surface area contributed by atoms with E-state index in [1.54, 1.807) is 0 Å². The molecular weight excluding hydrogens is 200 g/mol. The first-order valence-corrected chi connectivity index (χ1v) is 5.92. The largest absolute Gasteiger partial charge is 0.395 e. The topological polar surface area (TPSA) is 35.5 Å². The van der Waals surface area contributed by atoms with E-state index < -0.39 is 0 Å². The molecule has 1 aliphatic heterocycles. The van der Waals surface area contributed by atoms with Crippen molar-refractivity contribution >= 4 is 0 Å². The average molecular weight is 220 g/mol. The number of aliphatic hydroxyl groups excluding tert-OH is 1. The fourth-order valence-corrected chi connectivity index (χ4v) is 2.22. The predicted molar refractivity (Wildman–Crippen MR) is 65.2 cm³/mol. The molecule has 0 aromatic heterocycles. The summed E-state index contributed by atoms with van der Waals surface area (Å²) >= 11 is 0. The summed E-state index contributed by atoms with van der Waals surface area (Å²) in [6, 6.07) is 11.2. The Morgan fingerprint density at radius 2 is 2.12 bits per heavy atom. The van der Waals surface area contributed by atoms with Crippen molar-refractivity contribution < 1.29 is 5.11 Å². The molecule has 1 aromatic carbocycles. The van der Waals surface area contributed by atoms with Gasteiger partial charge in [0.15, 0.2) is 0 Å². The lowest BCUT2D eigenvalue weighted by molar-refractivity contribution is 0.0781. The van der Waals surface area contributed by atoms with Gasteiger partial charge in [-0.05, 0) is 12.5 Å². The molecule has 3 nitrogen and oxygen atoms in total. The highest BCUT2D eigenvalue weighted by Gasteiger charge is 2.24. The predicted octanol–water partition coefficient (Wildman–Crippen LogP) is 0.841. The summed E-state index contributed by atoms with van der Waals surface area (Å²) in [5.41, 5.74) is 1.31. The minimum absolute atomic E-state index is 0.229. The molecule has 3 heteroatoms. The number of hydrogen-bond donors (Lipinski definition) is 2. The molecule has 2 N–H and O–H groups in total. The highest BCUT2D eigenvalue weighted by molar-refractivity contribution is 5.14. The number of nitrogens with one attached hydrogen (secondary N) is 1. The van der Waals surface area contributed by atoms with Crippen LogP contribution in [0.4, 0.5) is 0 Å². The molecule has 0 amide bonds. The monoisotopic (exact) mass is 220 g/mol. The van der Waals surface area contributed by atoms with Gasteiger partial charge in [-0.2, -0.15) is 0 Å². The molecule has 1 saturated heterocycles. The Kier molecular flexibility index (Phi) is 3.93. The minimum atomic E-state index is 0.229. The summed E-state index contributed by atoms with van der Waals surface area (Å²) < 4.78 is 0. The third-order valence-electron chi connectivity index (χ3n) is 3.17. The van der Waals surface area contributed by atoms with Crippen molar-refractivity contribution in [2.75, 3.05) is 19.7 Å². The number of piperazine rings is 1. The third kappa shape index (κ3) is 2.82. The molecule has 0 unspecified atom stereocenters. The molecule has 1 fully saturated rings. The number of aliphatic hydroxyl groups is 1. The molecule has 1 heterocycles. The van der Waals surface area contributed by atoms with E-state index in [0.717, 1.165) is 19.6 Å². The fraction of sp³-hybridized carbons (Fsp3) is 0.538. The van der Waals surface area contributed by atoms with Gasteiger partial charge in [0.1, 0.15) is 0 Å². The van der Waals surface area contributed by atoms with Crippen molar-refractivity contribution in [3.63, 3.8) is 0 Å². The van der Waals surface area contributed by atoms with E-state index in [9.17, 15) is 5.11 Å². The zero-order chi connectivity index (χ0) is 11.4. The molecule has 1 aromatic rings. The van der Waals surface area contributed by atoms with Gasteiger partial charge in [0, 0.05) is 31.7 Å². The van der Waals surface area contributed by atoms with Gasteiger partial charge in [-0.25, -0.2) is 0 Å². The van der Waals surface area contributed by atoms with Crippen LogP contribution in [0.1, 0.15) is 12.5 Å². The van der Waals surface area contributed by atoms with E-state index in [1.807, 2.05) is 6.07 Å². The quantitative estimate of drug-likeness (QED) is 0.792. The van der Waals surface area contributed by atoms with E-state index in [1.165, 1.54) is 5.56 Å². The van der Waals surface area contributed by atoms with Crippen LogP contribution in [0.25, 0.3) is 0 Å². The molecule has 0 spiro atoms. The first kappa shape index (κ1) is 11.6. The number of benzene rings is 1. The first-order valence-electron chi connectivity index (χ1n) is 5.92. The average Bonchev–Trinajstić information content (AvgIpc) is 2.31. The normalized spacial score (nSPS) is 26.9. The first-order chi connectivity index (χ1) is 7.79. The molecule has 88 valence electrons. The second-order valence-corrected chi connectivity index (χ2v) is 4.56. The lowest BCUT2D eigenvalue weighted by Gasteiger charge is -2.38. The van der Waals surface area contributed by atoms with Crippen LogP contribution in [-0.2, 0) is 6.54 Å². The van der Waals surface area contributed by atoms with Crippen LogP contribution in [-0.4, -0.2) is 41.8 Å². The number of hydrogen-bond acceptors (Lipinski definition) is 3. The minimum Gasteiger partial charge on any atom is -0.395 e. The maximum absolute atomic E-state index is 9.34. The van der Waals surface area contributed by atoms with Crippen molar-refractivity contribution in [1.82, 2.24) is 10.2 Å². The zero-order valence-corrected chi connectivity index (χ0v) is 9.76. The summed E-state index contributed by atoms with van der Waals surface area (Å²) in [6.45, 7) is 5.22. The summed E-state index contributed by atoms with van der Waals surface area (Å²) in [7, 11) is 0. The second-order valence-electron chi connectivity index (χ2n) is 4.56.